The summed E-state index contributed by atoms with van der Waals surface area (Å²) in [5.74, 6) is -1.40. The maximum Gasteiger partial charge on any atom is 0.295 e. The number of ether oxygens (including phenoxy) is 1. The quantitative estimate of drug-likeness (QED) is 0.204. The van der Waals surface area contributed by atoms with Crippen LogP contribution in [-0.2, 0) is 9.59 Å². The lowest BCUT2D eigenvalue weighted by atomic mass is 9.95. The Morgan fingerprint density at radius 1 is 1.18 bits per heavy atom. The average molecular weight is 453 g/mol. The second-order valence-electron chi connectivity index (χ2n) is 7.96. The SMILES string of the molecule is CCOc1cccc(C(O)=C2C(=O)C(=O)N(CCCN(C)C)C2c2cccc([N+](=O)[O-])c2)c1. The van der Waals surface area contributed by atoms with E-state index in [1.807, 2.05) is 25.9 Å². The molecular weight excluding hydrogens is 426 g/mol. The molecule has 1 amide bonds. The van der Waals surface area contributed by atoms with Gasteiger partial charge in [0.2, 0.25) is 0 Å². The third-order valence-corrected chi connectivity index (χ3v) is 5.36. The standard InChI is InChI=1S/C24H27N3O6/c1-4-33-19-11-6-9-17(15-19)22(28)20-21(16-8-5-10-18(14-16)27(31)32)26(24(30)23(20)29)13-7-12-25(2)3/h5-6,8-11,14-15,21,28H,4,7,12-13H2,1-3H3. The molecule has 0 saturated carbocycles. The van der Waals surface area contributed by atoms with Crippen molar-refractivity contribution in [3.05, 3.63) is 75.3 Å². The molecule has 3 rings (SSSR count). The Kier molecular flexibility index (Phi) is 7.44. The van der Waals surface area contributed by atoms with E-state index in [1.165, 1.54) is 23.1 Å². The minimum absolute atomic E-state index is 0.0981. The van der Waals surface area contributed by atoms with Gasteiger partial charge in [-0.3, -0.25) is 19.7 Å². The highest BCUT2D eigenvalue weighted by Gasteiger charge is 2.46. The number of ketones is 1. The molecule has 2 aromatic carbocycles. The molecule has 0 spiro atoms. The zero-order valence-corrected chi connectivity index (χ0v) is 18.9. The third kappa shape index (κ3) is 5.20. The molecule has 1 aliphatic rings. The van der Waals surface area contributed by atoms with Crippen molar-refractivity contribution in [1.29, 1.82) is 0 Å². The molecule has 33 heavy (non-hydrogen) atoms. The summed E-state index contributed by atoms with van der Waals surface area (Å²) < 4.78 is 5.48. The van der Waals surface area contributed by atoms with E-state index in [1.54, 1.807) is 30.3 Å². The maximum absolute atomic E-state index is 13.1. The van der Waals surface area contributed by atoms with Gasteiger partial charge >= 0.3 is 0 Å². The molecule has 0 radical (unpaired) electrons. The zero-order valence-electron chi connectivity index (χ0n) is 18.9. The second kappa shape index (κ2) is 10.3. The number of likely N-dealkylation sites (tertiary alicyclic amines) is 1. The number of rotatable bonds is 9. The molecule has 1 aliphatic heterocycles. The average Bonchev–Trinajstić information content (AvgIpc) is 3.04. The summed E-state index contributed by atoms with van der Waals surface area (Å²) >= 11 is 0. The predicted molar refractivity (Wildman–Crippen MR) is 123 cm³/mol. The molecule has 1 saturated heterocycles. The third-order valence-electron chi connectivity index (χ3n) is 5.36. The number of nitrogens with zero attached hydrogens (tertiary/aromatic N) is 3. The molecule has 174 valence electrons. The fraction of sp³-hybridized carbons (Fsp3) is 0.333. The van der Waals surface area contributed by atoms with Crippen molar-refractivity contribution in [1.82, 2.24) is 9.80 Å². The van der Waals surface area contributed by atoms with Crippen LogP contribution < -0.4 is 4.74 Å². The first kappa shape index (κ1) is 23.9. The van der Waals surface area contributed by atoms with Crippen LogP contribution in [0.1, 0.15) is 30.5 Å². The summed E-state index contributed by atoms with van der Waals surface area (Å²) in [4.78, 5) is 40.2. The molecule has 0 aromatic heterocycles. The molecule has 0 aliphatic carbocycles. The number of amides is 1. The van der Waals surface area contributed by atoms with Gasteiger partial charge in [0.05, 0.1) is 23.1 Å². The van der Waals surface area contributed by atoms with E-state index in [0.29, 0.717) is 36.4 Å². The van der Waals surface area contributed by atoms with E-state index in [-0.39, 0.29) is 23.6 Å². The van der Waals surface area contributed by atoms with Crippen LogP contribution in [0.15, 0.2) is 54.1 Å². The maximum atomic E-state index is 13.1. The van der Waals surface area contributed by atoms with Gasteiger partial charge in [0, 0.05) is 24.2 Å². The summed E-state index contributed by atoms with van der Waals surface area (Å²) in [7, 11) is 3.80. The van der Waals surface area contributed by atoms with E-state index in [0.717, 1.165) is 0 Å². The minimum atomic E-state index is -0.942. The number of benzene rings is 2. The molecule has 9 heteroatoms. The molecule has 0 bridgehead atoms. The molecule has 1 heterocycles. The van der Waals surface area contributed by atoms with Crippen LogP contribution in [0.2, 0.25) is 0 Å². The van der Waals surface area contributed by atoms with Gasteiger partial charge in [0.15, 0.2) is 0 Å². The second-order valence-corrected chi connectivity index (χ2v) is 7.96. The van der Waals surface area contributed by atoms with Crippen LogP contribution in [0.3, 0.4) is 0 Å². The van der Waals surface area contributed by atoms with Crippen LogP contribution in [0, 0.1) is 10.1 Å². The smallest absolute Gasteiger partial charge is 0.295 e. The van der Waals surface area contributed by atoms with Crippen molar-refractivity contribution in [3.63, 3.8) is 0 Å². The number of hydrogen-bond acceptors (Lipinski definition) is 7. The largest absolute Gasteiger partial charge is 0.507 e. The molecule has 9 nitrogen and oxygen atoms in total. The van der Waals surface area contributed by atoms with Crippen molar-refractivity contribution in [3.8, 4) is 5.75 Å². The van der Waals surface area contributed by atoms with Crippen LogP contribution >= 0.6 is 0 Å². The Labute approximate surface area is 192 Å². The van der Waals surface area contributed by atoms with Crippen molar-refractivity contribution >= 4 is 23.1 Å². The fourth-order valence-corrected chi connectivity index (χ4v) is 3.88. The summed E-state index contributed by atoms with van der Waals surface area (Å²) in [6, 6.07) is 11.4. The first-order valence-corrected chi connectivity index (χ1v) is 10.6. The molecule has 1 fully saturated rings. The predicted octanol–water partition coefficient (Wildman–Crippen LogP) is 3.37. The minimum Gasteiger partial charge on any atom is -0.507 e. The van der Waals surface area contributed by atoms with Gasteiger partial charge in [-0.05, 0) is 51.7 Å². The van der Waals surface area contributed by atoms with Crippen LogP contribution in [0.4, 0.5) is 5.69 Å². The van der Waals surface area contributed by atoms with Gasteiger partial charge in [-0.25, -0.2) is 0 Å². The highest BCUT2D eigenvalue weighted by molar-refractivity contribution is 6.46. The van der Waals surface area contributed by atoms with Crippen molar-refractivity contribution < 1.29 is 24.4 Å². The lowest BCUT2D eigenvalue weighted by molar-refractivity contribution is -0.384. The first-order valence-electron chi connectivity index (χ1n) is 10.6. The number of aliphatic hydroxyl groups excluding tert-OH is 1. The van der Waals surface area contributed by atoms with E-state index < -0.39 is 22.7 Å². The van der Waals surface area contributed by atoms with Crippen molar-refractivity contribution in [2.45, 2.75) is 19.4 Å². The topological polar surface area (TPSA) is 113 Å². The van der Waals surface area contributed by atoms with E-state index in [2.05, 4.69) is 0 Å². The lowest BCUT2D eigenvalue weighted by Crippen LogP contribution is -2.32. The number of carbonyl (C=O) groups is 2. The summed E-state index contributed by atoms with van der Waals surface area (Å²) in [6.45, 7) is 3.19. The van der Waals surface area contributed by atoms with Crippen LogP contribution in [0.25, 0.3) is 5.76 Å². The van der Waals surface area contributed by atoms with Gasteiger partial charge in [0.25, 0.3) is 17.4 Å². The number of nitro benzene ring substituents is 1. The Bertz CT molecular complexity index is 1100. The van der Waals surface area contributed by atoms with Gasteiger partial charge in [-0.15, -0.1) is 0 Å². The number of nitro groups is 1. The molecule has 2 aromatic rings. The number of aliphatic hydroxyl groups is 1. The number of carbonyl (C=O) groups excluding carboxylic acids is 2. The number of hydrogen-bond donors (Lipinski definition) is 1. The van der Waals surface area contributed by atoms with E-state index in [4.69, 9.17) is 4.74 Å². The number of non-ortho nitro benzene ring substituents is 1. The van der Waals surface area contributed by atoms with Gasteiger partial charge < -0.3 is 19.6 Å². The van der Waals surface area contributed by atoms with Crippen LogP contribution in [0.5, 0.6) is 5.75 Å². The molecule has 1 atom stereocenters. The van der Waals surface area contributed by atoms with E-state index in [9.17, 15) is 24.8 Å². The Balaban J connectivity index is 2.13. The summed E-state index contributed by atoms with van der Waals surface area (Å²) in [5, 5.41) is 22.5. The normalized spacial score (nSPS) is 17.6. The van der Waals surface area contributed by atoms with Gasteiger partial charge in [0.1, 0.15) is 11.5 Å². The highest BCUT2D eigenvalue weighted by atomic mass is 16.6. The van der Waals surface area contributed by atoms with Gasteiger partial charge in [-0.1, -0.05) is 24.3 Å². The van der Waals surface area contributed by atoms with Gasteiger partial charge in [-0.2, -0.15) is 0 Å². The Morgan fingerprint density at radius 3 is 2.58 bits per heavy atom. The molecular formula is C24H27N3O6. The fourth-order valence-electron chi connectivity index (χ4n) is 3.88. The summed E-state index contributed by atoms with van der Waals surface area (Å²) in [5.41, 5.74) is 0.446. The Morgan fingerprint density at radius 2 is 1.91 bits per heavy atom. The highest BCUT2D eigenvalue weighted by Crippen LogP contribution is 2.40. The number of Topliss-reactive ketones (excluding diaryl/α,β-unsaturated/α-hetero) is 1. The van der Waals surface area contributed by atoms with Crippen molar-refractivity contribution in [2.75, 3.05) is 33.8 Å². The summed E-state index contributed by atoms with van der Waals surface area (Å²) in [6.07, 6.45) is 0.589. The first-order chi connectivity index (χ1) is 15.7. The Hall–Kier alpha value is -3.72. The molecule has 1 unspecified atom stereocenters. The van der Waals surface area contributed by atoms with Crippen LogP contribution in [-0.4, -0.2) is 65.3 Å². The zero-order chi connectivity index (χ0) is 24.1. The van der Waals surface area contributed by atoms with Crippen molar-refractivity contribution in [2.24, 2.45) is 0 Å². The monoisotopic (exact) mass is 453 g/mol. The molecule has 1 N–H and O–H groups in total. The van der Waals surface area contributed by atoms with E-state index >= 15 is 0 Å². The lowest BCUT2D eigenvalue weighted by Gasteiger charge is -2.25.